The lowest BCUT2D eigenvalue weighted by atomic mass is 10.2. The van der Waals surface area contributed by atoms with Gasteiger partial charge >= 0.3 is 0 Å². The average Bonchev–Trinajstić information content (AvgIpc) is 2.44. The molecule has 2 aromatic carbocycles. The van der Waals surface area contributed by atoms with E-state index in [-0.39, 0.29) is 11.7 Å². The van der Waals surface area contributed by atoms with Gasteiger partial charge in [0.15, 0.2) is 0 Å². The standard InChI is InChI=1S/C14H9Br3N2O2/c15-10-4-2-1-3-9(10)14(21)19-18-7-8-5-13(20)12(17)6-11(8)16/h1-7,20H,(H,19,21). The van der Waals surface area contributed by atoms with E-state index in [9.17, 15) is 9.90 Å². The van der Waals surface area contributed by atoms with Crippen LogP contribution in [-0.2, 0) is 0 Å². The van der Waals surface area contributed by atoms with Crippen LogP contribution in [0.2, 0.25) is 0 Å². The lowest BCUT2D eigenvalue weighted by Crippen LogP contribution is -2.18. The third-order valence-corrected chi connectivity index (χ3v) is 4.57. The monoisotopic (exact) mass is 474 g/mol. The highest BCUT2D eigenvalue weighted by molar-refractivity contribution is 9.11. The third kappa shape index (κ3) is 4.15. The average molecular weight is 477 g/mol. The highest BCUT2D eigenvalue weighted by Crippen LogP contribution is 2.29. The number of halogens is 3. The molecule has 0 heterocycles. The fraction of sp³-hybridized carbons (Fsp3) is 0. The minimum Gasteiger partial charge on any atom is -0.507 e. The Morgan fingerprint density at radius 1 is 1.10 bits per heavy atom. The predicted octanol–water partition coefficient (Wildman–Crippen LogP) is 4.44. The molecule has 2 rings (SSSR count). The highest BCUT2D eigenvalue weighted by atomic mass is 79.9. The molecule has 0 unspecified atom stereocenters. The molecule has 0 bridgehead atoms. The normalized spacial score (nSPS) is 10.8. The van der Waals surface area contributed by atoms with Crippen LogP contribution in [0.1, 0.15) is 15.9 Å². The molecule has 4 nitrogen and oxygen atoms in total. The quantitative estimate of drug-likeness (QED) is 0.508. The number of hydrazone groups is 1. The summed E-state index contributed by atoms with van der Waals surface area (Å²) in [4.78, 5) is 11.9. The van der Waals surface area contributed by atoms with Crippen LogP contribution in [0.25, 0.3) is 0 Å². The van der Waals surface area contributed by atoms with Crippen molar-refractivity contribution in [3.05, 3.63) is 60.9 Å². The summed E-state index contributed by atoms with van der Waals surface area (Å²) in [6.07, 6.45) is 1.45. The fourth-order valence-corrected chi connectivity index (χ4v) is 3.08. The molecule has 108 valence electrons. The first-order valence-corrected chi connectivity index (χ1v) is 8.13. The van der Waals surface area contributed by atoms with Crippen molar-refractivity contribution in [3.8, 4) is 5.75 Å². The van der Waals surface area contributed by atoms with Crippen LogP contribution in [0.3, 0.4) is 0 Å². The number of carbonyl (C=O) groups is 1. The summed E-state index contributed by atoms with van der Waals surface area (Å²) >= 11 is 9.87. The zero-order chi connectivity index (χ0) is 15.4. The topological polar surface area (TPSA) is 61.7 Å². The van der Waals surface area contributed by atoms with Crippen molar-refractivity contribution in [2.75, 3.05) is 0 Å². The molecular weight excluding hydrogens is 468 g/mol. The maximum Gasteiger partial charge on any atom is 0.272 e. The van der Waals surface area contributed by atoms with Crippen molar-refractivity contribution in [2.45, 2.75) is 0 Å². The number of nitrogens with one attached hydrogen (secondary N) is 1. The molecule has 2 N–H and O–H groups in total. The van der Waals surface area contributed by atoms with Gasteiger partial charge in [-0.2, -0.15) is 5.10 Å². The summed E-state index contributed by atoms with van der Waals surface area (Å²) in [5, 5.41) is 13.5. The van der Waals surface area contributed by atoms with Gasteiger partial charge in [-0.1, -0.05) is 28.1 Å². The Bertz CT molecular complexity index is 717. The fourth-order valence-electron chi connectivity index (χ4n) is 1.52. The summed E-state index contributed by atoms with van der Waals surface area (Å²) < 4.78 is 2.01. The molecule has 2 aromatic rings. The molecule has 0 saturated heterocycles. The second-order valence-corrected chi connectivity index (χ2v) is 6.57. The summed E-state index contributed by atoms with van der Waals surface area (Å²) in [5.74, 6) is -0.229. The van der Waals surface area contributed by atoms with E-state index in [2.05, 4.69) is 58.3 Å². The van der Waals surface area contributed by atoms with Crippen molar-refractivity contribution in [3.63, 3.8) is 0 Å². The molecule has 0 aliphatic rings. The number of aromatic hydroxyl groups is 1. The van der Waals surface area contributed by atoms with Crippen LogP contribution in [0.15, 0.2) is 54.9 Å². The molecule has 21 heavy (non-hydrogen) atoms. The molecule has 0 atom stereocenters. The Morgan fingerprint density at radius 2 is 1.81 bits per heavy atom. The SMILES string of the molecule is O=C(NN=Cc1cc(O)c(Br)cc1Br)c1ccccc1Br. The molecule has 0 fully saturated rings. The minimum atomic E-state index is -0.323. The molecule has 0 aliphatic carbocycles. The number of phenolic OH excluding ortho intramolecular Hbond substituents is 1. The van der Waals surface area contributed by atoms with Crippen LogP contribution in [0.5, 0.6) is 5.75 Å². The first kappa shape index (κ1) is 16.2. The number of carbonyl (C=O) groups excluding carboxylic acids is 1. The van der Waals surface area contributed by atoms with Gasteiger partial charge in [-0.05, 0) is 56.1 Å². The second kappa shape index (κ2) is 7.20. The van der Waals surface area contributed by atoms with Crippen LogP contribution < -0.4 is 5.43 Å². The number of hydrogen-bond acceptors (Lipinski definition) is 3. The van der Waals surface area contributed by atoms with Gasteiger partial charge in [0.2, 0.25) is 0 Å². The summed E-state index contributed by atoms with van der Waals surface area (Å²) in [6, 6.07) is 10.3. The van der Waals surface area contributed by atoms with E-state index in [0.29, 0.717) is 20.1 Å². The lowest BCUT2D eigenvalue weighted by Gasteiger charge is -2.03. The molecule has 0 aliphatic heterocycles. The minimum absolute atomic E-state index is 0.0942. The number of hydrogen-bond donors (Lipinski definition) is 2. The van der Waals surface area contributed by atoms with Crippen molar-refractivity contribution in [1.82, 2.24) is 5.43 Å². The maximum absolute atomic E-state index is 11.9. The molecule has 0 saturated carbocycles. The van der Waals surface area contributed by atoms with E-state index in [4.69, 9.17) is 0 Å². The van der Waals surface area contributed by atoms with Gasteiger partial charge in [0.25, 0.3) is 5.91 Å². The predicted molar refractivity (Wildman–Crippen MR) is 92.7 cm³/mol. The van der Waals surface area contributed by atoms with E-state index < -0.39 is 0 Å². The van der Waals surface area contributed by atoms with Crippen LogP contribution in [-0.4, -0.2) is 17.2 Å². The van der Waals surface area contributed by atoms with Gasteiger partial charge in [-0.25, -0.2) is 5.43 Å². The van der Waals surface area contributed by atoms with Gasteiger partial charge in [0.1, 0.15) is 5.75 Å². The van der Waals surface area contributed by atoms with E-state index in [1.807, 2.05) is 6.07 Å². The summed E-state index contributed by atoms with van der Waals surface area (Å²) in [7, 11) is 0. The second-order valence-electron chi connectivity index (χ2n) is 4.00. The first-order valence-electron chi connectivity index (χ1n) is 5.75. The van der Waals surface area contributed by atoms with Gasteiger partial charge in [-0.15, -0.1) is 0 Å². The van der Waals surface area contributed by atoms with Crippen molar-refractivity contribution in [1.29, 1.82) is 0 Å². The summed E-state index contributed by atoms with van der Waals surface area (Å²) in [5.41, 5.74) is 3.57. The van der Waals surface area contributed by atoms with Crippen LogP contribution >= 0.6 is 47.8 Å². The van der Waals surface area contributed by atoms with E-state index in [0.717, 1.165) is 4.47 Å². The van der Waals surface area contributed by atoms with Crippen molar-refractivity contribution >= 4 is 59.9 Å². The zero-order valence-corrected chi connectivity index (χ0v) is 15.2. The Labute approximate surface area is 146 Å². The molecular formula is C14H9Br3N2O2. The van der Waals surface area contributed by atoms with E-state index in [1.54, 1.807) is 24.3 Å². The van der Waals surface area contributed by atoms with Gasteiger partial charge < -0.3 is 5.11 Å². The third-order valence-electron chi connectivity index (χ3n) is 2.55. The van der Waals surface area contributed by atoms with Gasteiger partial charge in [0, 0.05) is 14.5 Å². The van der Waals surface area contributed by atoms with Gasteiger partial charge in [-0.3, -0.25) is 4.79 Å². The Kier molecular flexibility index (Phi) is 5.55. The van der Waals surface area contributed by atoms with E-state index >= 15 is 0 Å². The number of rotatable bonds is 3. The van der Waals surface area contributed by atoms with Crippen molar-refractivity contribution < 1.29 is 9.90 Å². The Hall–Kier alpha value is -1.18. The maximum atomic E-state index is 11.9. The van der Waals surface area contributed by atoms with Gasteiger partial charge in [0.05, 0.1) is 16.3 Å². The molecule has 0 radical (unpaired) electrons. The highest BCUT2D eigenvalue weighted by Gasteiger charge is 2.08. The molecule has 7 heteroatoms. The number of benzene rings is 2. The lowest BCUT2D eigenvalue weighted by molar-refractivity contribution is 0.0954. The van der Waals surface area contributed by atoms with Crippen LogP contribution in [0.4, 0.5) is 0 Å². The van der Waals surface area contributed by atoms with Crippen LogP contribution in [0, 0.1) is 0 Å². The Balaban J connectivity index is 2.11. The number of amides is 1. The zero-order valence-electron chi connectivity index (χ0n) is 10.5. The number of nitrogens with zero attached hydrogens (tertiary/aromatic N) is 1. The van der Waals surface area contributed by atoms with E-state index in [1.165, 1.54) is 12.3 Å². The summed E-state index contributed by atoms with van der Waals surface area (Å²) in [6.45, 7) is 0. The molecule has 0 spiro atoms. The smallest absolute Gasteiger partial charge is 0.272 e. The first-order chi connectivity index (χ1) is 9.99. The molecule has 0 aromatic heterocycles. The molecule has 1 amide bonds. The largest absolute Gasteiger partial charge is 0.507 e. The Morgan fingerprint density at radius 3 is 2.52 bits per heavy atom. The van der Waals surface area contributed by atoms with Crippen molar-refractivity contribution in [2.24, 2.45) is 5.10 Å². The number of phenols is 1.